The molecule has 1 saturated heterocycles. The van der Waals surface area contributed by atoms with Gasteiger partial charge in [-0.25, -0.2) is 0 Å². The third kappa shape index (κ3) is 4.77. The van der Waals surface area contributed by atoms with Crippen molar-refractivity contribution in [2.24, 2.45) is 5.92 Å². The van der Waals surface area contributed by atoms with Crippen molar-refractivity contribution < 1.29 is 13.2 Å². The average Bonchev–Trinajstić information content (AvgIpc) is 2.40. The van der Waals surface area contributed by atoms with Crippen molar-refractivity contribution in [2.45, 2.75) is 31.9 Å². The number of alkyl halides is 3. The molecule has 1 unspecified atom stereocenters. The van der Waals surface area contributed by atoms with Crippen molar-refractivity contribution in [3.63, 3.8) is 0 Å². The lowest BCUT2D eigenvalue weighted by molar-refractivity contribution is -0.186. The fourth-order valence-electron chi connectivity index (χ4n) is 2.68. The Morgan fingerprint density at radius 2 is 1.90 bits per heavy atom. The minimum absolute atomic E-state index is 0.170. The van der Waals surface area contributed by atoms with Gasteiger partial charge in [0.25, 0.3) is 0 Å². The lowest BCUT2D eigenvalue weighted by atomic mass is 9.97. The highest BCUT2D eigenvalue weighted by molar-refractivity contribution is 9.10. The quantitative estimate of drug-likeness (QED) is 0.764. The average molecular weight is 350 g/mol. The molecule has 0 saturated carbocycles. The van der Waals surface area contributed by atoms with Crippen molar-refractivity contribution in [1.82, 2.24) is 4.90 Å². The highest BCUT2D eigenvalue weighted by Gasteiger charge is 2.41. The molecular formula is C15H19BrF3N. The summed E-state index contributed by atoms with van der Waals surface area (Å²) in [5, 5.41) is 0. The molecule has 0 N–H and O–H groups in total. The molecule has 112 valence electrons. The van der Waals surface area contributed by atoms with E-state index in [1.807, 2.05) is 17.0 Å². The van der Waals surface area contributed by atoms with E-state index in [-0.39, 0.29) is 13.0 Å². The number of piperidine rings is 1. The Kier molecular flexibility index (Phi) is 5.49. The number of likely N-dealkylation sites (tertiary alicyclic amines) is 1. The fraction of sp³-hybridized carbons (Fsp3) is 0.600. The number of hydrogen-bond acceptors (Lipinski definition) is 1. The normalized spacial score (nSPS) is 21.1. The van der Waals surface area contributed by atoms with Crippen molar-refractivity contribution in [3.8, 4) is 0 Å². The molecule has 2 rings (SSSR count). The number of rotatable bonds is 4. The first-order chi connectivity index (χ1) is 9.45. The van der Waals surface area contributed by atoms with Crippen LogP contribution in [0.3, 0.4) is 0 Å². The highest BCUT2D eigenvalue weighted by Crippen LogP contribution is 2.33. The molecule has 1 aliphatic heterocycles. The molecule has 1 heterocycles. The van der Waals surface area contributed by atoms with Crippen LogP contribution in [0.1, 0.15) is 24.8 Å². The second-order valence-corrected chi connectivity index (χ2v) is 6.33. The molecule has 1 aromatic rings. The van der Waals surface area contributed by atoms with E-state index in [0.717, 1.165) is 30.4 Å². The van der Waals surface area contributed by atoms with E-state index in [0.29, 0.717) is 6.42 Å². The standard InChI is InChI=1S/C15H19BrF3N/c16-14-7-5-12(6-8-14)3-1-9-20-10-2-4-13(11-20)15(17,18)19/h5-8,13H,1-4,9-11H2. The Morgan fingerprint density at radius 3 is 2.55 bits per heavy atom. The van der Waals surface area contributed by atoms with Gasteiger partial charge in [0.15, 0.2) is 0 Å². The predicted molar refractivity (Wildman–Crippen MR) is 77.7 cm³/mol. The van der Waals surface area contributed by atoms with Gasteiger partial charge < -0.3 is 4.90 Å². The summed E-state index contributed by atoms with van der Waals surface area (Å²) in [4.78, 5) is 1.96. The minimum atomic E-state index is -4.04. The van der Waals surface area contributed by atoms with Gasteiger partial charge in [0.05, 0.1) is 5.92 Å². The van der Waals surface area contributed by atoms with Crippen LogP contribution in [0.4, 0.5) is 13.2 Å². The Bertz CT molecular complexity index is 416. The Hall–Kier alpha value is -0.550. The summed E-state index contributed by atoms with van der Waals surface area (Å²) in [5.74, 6) is -1.14. The van der Waals surface area contributed by atoms with Crippen LogP contribution >= 0.6 is 15.9 Å². The highest BCUT2D eigenvalue weighted by atomic mass is 79.9. The smallest absolute Gasteiger partial charge is 0.303 e. The van der Waals surface area contributed by atoms with Gasteiger partial charge >= 0.3 is 6.18 Å². The van der Waals surface area contributed by atoms with Crippen molar-refractivity contribution in [3.05, 3.63) is 34.3 Å². The second kappa shape index (κ2) is 6.94. The van der Waals surface area contributed by atoms with Crippen molar-refractivity contribution >= 4 is 15.9 Å². The van der Waals surface area contributed by atoms with E-state index in [1.165, 1.54) is 5.56 Å². The molecule has 0 spiro atoms. The molecule has 0 aliphatic carbocycles. The van der Waals surface area contributed by atoms with Crippen LogP contribution in [0.25, 0.3) is 0 Å². The summed E-state index contributed by atoms with van der Waals surface area (Å²) in [6, 6.07) is 8.10. The Balaban J connectivity index is 1.75. The first-order valence-corrected chi connectivity index (χ1v) is 7.78. The molecule has 1 aliphatic rings. The molecule has 5 heteroatoms. The van der Waals surface area contributed by atoms with E-state index in [4.69, 9.17) is 0 Å². The molecule has 0 radical (unpaired) electrons. The van der Waals surface area contributed by atoms with E-state index in [2.05, 4.69) is 28.1 Å². The maximum atomic E-state index is 12.7. The largest absolute Gasteiger partial charge is 0.393 e. The van der Waals surface area contributed by atoms with Gasteiger partial charge in [-0.05, 0) is 56.5 Å². The molecule has 1 aromatic carbocycles. The zero-order chi connectivity index (χ0) is 14.6. The monoisotopic (exact) mass is 349 g/mol. The lowest BCUT2D eigenvalue weighted by Gasteiger charge is -2.33. The zero-order valence-electron chi connectivity index (χ0n) is 11.3. The summed E-state index contributed by atoms with van der Waals surface area (Å²) in [6.45, 7) is 1.72. The van der Waals surface area contributed by atoms with Gasteiger partial charge in [0, 0.05) is 11.0 Å². The van der Waals surface area contributed by atoms with Gasteiger partial charge in [-0.2, -0.15) is 13.2 Å². The van der Waals surface area contributed by atoms with Gasteiger partial charge in [0.2, 0.25) is 0 Å². The number of nitrogens with zero attached hydrogens (tertiary/aromatic N) is 1. The Morgan fingerprint density at radius 1 is 1.20 bits per heavy atom. The van der Waals surface area contributed by atoms with Crippen LogP contribution in [-0.2, 0) is 6.42 Å². The van der Waals surface area contributed by atoms with E-state index in [1.54, 1.807) is 0 Å². The van der Waals surface area contributed by atoms with Crippen LogP contribution in [-0.4, -0.2) is 30.7 Å². The van der Waals surface area contributed by atoms with Gasteiger partial charge in [-0.15, -0.1) is 0 Å². The molecule has 0 amide bonds. The third-order valence-corrected chi connectivity index (χ3v) is 4.35. The van der Waals surface area contributed by atoms with Crippen LogP contribution in [0.5, 0.6) is 0 Å². The number of halogens is 4. The maximum Gasteiger partial charge on any atom is 0.393 e. The summed E-state index contributed by atoms with van der Waals surface area (Å²) >= 11 is 3.39. The topological polar surface area (TPSA) is 3.24 Å². The molecule has 0 aromatic heterocycles. The van der Waals surface area contributed by atoms with Gasteiger partial charge in [-0.3, -0.25) is 0 Å². The molecular weight excluding hydrogens is 331 g/mol. The molecule has 0 bridgehead atoms. The number of aryl methyl sites for hydroxylation is 1. The van der Waals surface area contributed by atoms with Gasteiger partial charge in [-0.1, -0.05) is 28.1 Å². The van der Waals surface area contributed by atoms with Crippen LogP contribution in [0, 0.1) is 5.92 Å². The summed E-state index contributed by atoms with van der Waals surface area (Å²) in [7, 11) is 0. The van der Waals surface area contributed by atoms with E-state index in [9.17, 15) is 13.2 Å². The molecule has 1 atom stereocenters. The first kappa shape index (κ1) is 15.8. The van der Waals surface area contributed by atoms with Crippen molar-refractivity contribution in [2.75, 3.05) is 19.6 Å². The van der Waals surface area contributed by atoms with Crippen LogP contribution < -0.4 is 0 Å². The first-order valence-electron chi connectivity index (χ1n) is 6.98. The predicted octanol–water partition coefficient (Wildman–Crippen LogP) is 4.66. The summed E-state index contributed by atoms with van der Waals surface area (Å²) in [6.07, 6.45) is -1.27. The molecule has 1 fully saturated rings. The maximum absolute atomic E-state index is 12.7. The summed E-state index contributed by atoms with van der Waals surface area (Å²) < 4.78 is 39.2. The second-order valence-electron chi connectivity index (χ2n) is 5.41. The molecule has 1 nitrogen and oxygen atoms in total. The zero-order valence-corrected chi connectivity index (χ0v) is 12.9. The number of hydrogen-bond donors (Lipinski definition) is 0. The van der Waals surface area contributed by atoms with Crippen molar-refractivity contribution in [1.29, 1.82) is 0 Å². The lowest BCUT2D eigenvalue weighted by Crippen LogP contribution is -2.42. The Labute approximate surface area is 126 Å². The summed E-state index contributed by atoms with van der Waals surface area (Å²) in [5.41, 5.74) is 1.23. The van der Waals surface area contributed by atoms with Crippen LogP contribution in [0.15, 0.2) is 28.7 Å². The van der Waals surface area contributed by atoms with Gasteiger partial charge in [0.1, 0.15) is 0 Å². The minimum Gasteiger partial charge on any atom is -0.303 e. The molecule has 20 heavy (non-hydrogen) atoms. The third-order valence-electron chi connectivity index (χ3n) is 3.82. The van der Waals surface area contributed by atoms with E-state index >= 15 is 0 Å². The number of benzene rings is 1. The fourth-order valence-corrected chi connectivity index (χ4v) is 2.95. The SMILES string of the molecule is FC(F)(F)C1CCCN(CCCc2ccc(Br)cc2)C1. The van der Waals surface area contributed by atoms with E-state index < -0.39 is 12.1 Å². The van der Waals surface area contributed by atoms with Crippen LogP contribution in [0.2, 0.25) is 0 Å².